The molecule has 0 fully saturated rings. The van der Waals surface area contributed by atoms with Gasteiger partial charge in [0.05, 0.1) is 11.4 Å². The third-order valence-corrected chi connectivity index (χ3v) is 3.18. The predicted octanol–water partition coefficient (Wildman–Crippen LogP) is 0.673. The Morgan fingerprint density at radius 2 is 2.06 bits per heavy atom. The Morgan fingerprint density at radius 3 is 2.67 bits per heavy atom. The largest absolute Gasteiger partial charge is 0.234 e. The Kier molecular flexibility index (Phi) is 3.18. The topological polar surface area (TPSA) is 90.9 Å². The minimum absolute atomic E-state index is 0.218. The van der Waals surface area contributed by atoms with Gasteiger partial charge in [-0.2, -0.15) is 5.10 Å². The molecule has 0 aliphatic heterocycles. The van der Waals surface area contributed by atoms with E-state index in [4.69, 9.17) is 5.14 Å². The molecule has 2 rings (SSSR count). The number of hydrogen-bond donors (Lipinski definition) is 1. The Morgan fingerprint density at radius 1 is 1.33 bits per heavy atom. The summed E-state index contributed by atoms with van der Waals surface area (Å²) in [4.78, 5) is 4.31. The second kappa shape index (κ2) is 4.51. The Labute approximate surface area is 106 Å². The van der Waals surface area contributed by atoms with E-state index in [-0.39, 0.29) is 5.75 Å². The van der Waals surface area contributed by atoms with E-state index in [1.807, 2.05) is 19.1 Å². The van der Waals surface area contributed by atoms with Crippen LogP contribution in [0.1, 0.15) is 17.0 Å². The summed E-state index contributed by atoms with van der Waals surface area (Å²) in [6.07, 6.45) is 1.64. The molecule has 2 heterocycles. The monoisotopic (exact) mass is 266 g/mol. The fraction of sp³-hybridized carbons (Fsp3) is 0.273. The van der Waals surface area contributed by atoms with Crippen molar-refractivity contribution in [1.29, 1.82) is 0 Å². The molecule has 2 N–H and O–H groups in total. The van der Waals surface area contributed by atoms with Gasteiger partial charge in [-0.15, -0.1) is 0 Å². The van der Waals surface area contributed by atoms with Gasteiger partial charge in [0.15, 0.2) is 5.82 Å². The molecule has 6 nitrogen and oxygen atoms in total. The van der Waals surface area contributed by atoms with E-state index in [2.05, 4.69) is 10.1 Å². The van der Waals surface area contributed by atoms with Crippen LogP contribution in [0.4, 0.5) is 0 Å². The highest BCUT2D eigenvalue weighted by molar-refractivity contribution is 7.88. The van der Waals surface area contributed by atoms with Gasteiger partial charge in [-0.25, -0.2) is 23.2 Å². The van der Waals surface area contributed by atoms with E-state index in [1.54, 1.807) is 23.9 Å². The lowest BCUT2D eigenvalue weighted by molar-refractivity contribution is 0.597. The molecule has 0 aromatic carbocycles. The summed E-state index contributed by atoms with van der Waals surface area (Å²) in [5, 5.41) is 9.27. The highest BCUT2D eigenvalue weighted by atomic mass is 32.2. The fourth-order valence-corrected chi connectivity index (χ4v) is 2.34. The van der Waals surface area contributed by atoms with Crippen molar-refractivity contribution in [3.8, 4) is 5.82 Å². The molecule has 18 heavy (non-hydrogen) atoms. The summed E-state index contributed by atoms with van der Waals surface area (Å²) in [7, 11) is -3.55. The van der Waals surface area contributed by atoms with Crippen molar-refractivity contribution in [2.45, 2.75) is 19.6 Å². The molecule has 0 aliphatic rings. The van der Waals surface area contributed by atoms with E-state index in [1.165, 1.54) is 0 Å². The average molecular weight is 266 g/mol. The van der Waals surface area contributed by atoms with E-state index in [0.29, 0.717) is 17.1 Å². The first-order chi connectivity index (χ1) is 8.35. The van der Waals surface area contributed by atoms with Gasteiger partial charge in [-0.3, -0.25) is 0 Å². The zero-order valence-electron chi connectivity index (χ0n) is 10.2. The number of nitrogens with zero attached hydrogens (tertiary/aromatic N) is 3. The number of aryl methyl sites for hydroxylation is 2. The molecule has 0 saturated carbocycles. The molecule has 0 bridgehead atoms. The van der Waals surface area contributed by atoms with Crippen LogP contribution in [-0.2, 0) is 15.8 Å². The molecular formula is C11H14N4O2S. The standard InChI is InChI=1S/C11H14N4O2S/c1-8-4-3-5-11(13-8)15-6-10(9(2)14-15)7-18(12,16)17/h3-6H,7H2,1-2H3,(H2,12,16,17). The molecule has 0 unspecified atom stereocenters. The summed E-state index contributed by atoms with van der Waals surface area (Å²) >= 11 is 0. The van der Waals surface area contributed by atoms with Gasteiger partial charge in [-0.05, 0) is 26.0 Å². The van der Waals surface area contributed by atoms with Crippen molar-refractivity contribution in [1.82, 2.24) is 14.8 Å². The first kappa shape index (κ1) is 12.7. The lowest BCUT2D eigenvalue weighted by atomic mass is 10.3. The van der Waals surface area contributed by atoms with Gasteiger partial charge in [-0.1, -0.05) is 6.07 Å². The molecule has 7 heteroatoms. The van der Waals surface area contributed by atoms with Crippen molar-refractivity contribution in [3.05, 3.63) is 41.3 Å². The molecule has 2 aromatic heterocycles. The molecule has 0 spiro atoms. The second-order valence-electron chi connectivity index (χ2n) is 4.13. The predicted molar refractivity (Wildman–Crippen MR) is 67.6 cm³/mol. The van der Waals surface area contributed by atoms with E-state index < -0.39 is 10.0 Å². The second-order valence-corrected chi connectivity index (χ2v) is 5.74. The minimum atomic E-state index is -3.55. The van der Waals surface area contributed by atoms with Gasteiger partial charge >= 0.3 is 0 Å². The molecule has 0 saturated heterocycles. The molecule has 0 radical (unpaired) electrons. The fourth-order valence-electron chi connectivity index (χ4n) is 1.63. The molecule has 0 aliphatic carbocycles. The van der Waals surface area contributed by atoms with Crippen molar-refractivity contribution in [3.63, 3.8) is 0 Å². The van der Waals surface area contributed by atoms with E-state index >= 15 is 0 Å². The smallest absolute Gasteiger partial charge is 0.213 e. The van der Waals surface area contributed by atoms with Crippen molar-refractivity contribution < 1.29 is 8.42 Å². The maximum atomic E-state index is 11.1. The van der Waals surface area contributed by atoms with Crippen molar-refractivity contribution >= 4 is 10.0 Å². The Bertz CT molecular complexity index is 676. The highest BCUT2D eigenvalue weighted by Crippen LogP contribution is 2.12. The molecule has 2 aromatic rings. The summed E-state index contributed by atoms with van der Waals surface area (Å²) in [6.45, 7) is 3.62. The SMILES string of the molecule is Cc1cccc(-n2cc(CS(N)(=O)=O)c(C)n2)n1. The molecule has 0 atom stereocenters. The first-order valence-electron chi connectivity index (χ1n) is 5.35. The normalized spacial score (nSPS) is 11.7. The van der Waals surface area contributed by atoms with Crippen LogP contribution in [0.3, 0.4) is 0 Å². The van der Waals surface area contributed by atoms with Crippen LogP contribution < -0.4 is 5.14 Å². The van der Waals surface area contributed by atoms with E-state index in [0.717, 1.165) is 5.69 Å². The van der Waals surface area contributed by atoms with Crippen molar-refractivity contribution in [2.75, 3.05) is 0 Å². The third kappa shape index (κ3) is 2.93. The van der Waals surface area contributed by atoms with Crippen LogP contribution in [0.5, 0.6) is 0 Å². The van der Waals surface area contributed by atoms with E-state index in [9.17, 15) is 8.42 Å². The Hall–Kier alpha value is -1.73. The number of pyridine rings is 1. The number of primary sulfonamides is 1. The number of nitrogens with two attached hydrogens (primary N) is 1. The maximum absolute atomic E-state index is 11.1. The molecular weight excluding hydrogens is 252 g/mol. The summed E-state index contributed by atoms with van der Waals surface area (Å²) < 4.78 is 23.7. The highest BCUT2D eigenvalue weighted by Gasteiger charge is 2.12. The summed E-state index contributed by atoms with van der Waals surface area (Å²) in [6, 6.07) is 5.55. The number of hydrogen-bond acceptors (Lipinski definition) is 4. The summed E-state index contributed by atoms with van der Waals surface area (Å²) in [5.41, 5.74) is 2.08. The van der Waals surface area contributed by atoms with Crippen LogP contribution in [0, 0.1) is 13.8 Å². The first-order valence-corrected chi connectivity index (χ1v) is 7.06. The molecule has 0 amide bonds. The van der Waals surface area contributed by atoms with Gasteiger partial charge in [0, 0.05) is 17.5 Å². The quantitative estimate of drug-likeness (QED) is 0.884. The van der Waals surface area contributed by atoms with Gasteiger partial charge in [0.25, 0.3) is 0 Å². The Balaban J connectivity index is 2.40. The van der Waals surface area contributed by atoms with Crippen LogP contribution in [0.15, 0.2) is 24.4 Å². The molecule has 96 valence electrons. The number of sulfonamides is 1. The lowest BCUT2D eigenvalue weighted by Crippen LogP contribution is -2.14. The average Bonchev–Trinajstić information content (AvgIpc) is 2.58. The van der Waals surface area contributed by atoms with Gasteiger partial charge in [0.2, 0.25) is 10.0 Å². The third-order valence-electron chi connectivity index (χ3n) is 2.47. The van der Waals surface area contributed by atoms with Crippen LogP contribution >= 0.6 is 0 Å². The van der Waals surface area contributed by atoms with Gasteiger partial charge < -0.3 is 0 Å². The van der Waals surface area contributed by atoms with Crippen LogP contribution in [0.25, 0.3) is 5.82 Å². The zero-order chi connectivity index (χ0) is 13.3. The minimum Gasteiger partial charge on any atom is -0.234 e. The maximum Gasteiger partial charge on any atom is 0.213 e. The lowest BCUT2D eigenvalue weighted by Gasteiger charge is -2.00. The number of rotatable bonds is 3. The van der Waals surface area contributed by atoms with Gasteiger partial charge in [0.1, 0.15) is 0 Å². The van der Waals surface area contributed by atoms with Crippen LogP contribution in [0.2, 0.25) is 0 Å². The van der Waals surface area contributed by atoms with Crippen molar-refractivity contribution in [2.24, 2.45) is 5.14 Å². The number of aromatic nitrogens is 3. The summed E-state index contributed by atoms with van der Waals surface area (Å²) in [5.74, 6) is 0.434. The zero-order valence-corrected chi connectivity index (χ0v) is 11.0. The van der Waals surface area contributed by atoms with Crippen LogP contribution in [-0.4, -0.2) is 23.2 Å².